The average molecular weight is 209 g/mol. The van der Waals surface area contributed by atoms with Crippen LogP contribution in [-0.4, -0.2) is 16.7 Å². The molecule has 0 bridgehead atoms. The maximum atomic E-state index is 8.90. The molecule has 1 N–H and O–H groups in total. The number of hydrogen-bond acceptors (Lipinski definition) is 3. The van der Waals surface area contributed by atoms with Gasteiger partial charge in [0.25, 0.3) is 0 Å². The second kappa shape index (κ2) is 5.12. The van der Waals surface area contributed by atoms with Gasteiger partial charge in [-0.2, -0.15) is 0 Å². The Morgan fingerprint density at radius 2 is 2.13 bits per heavy atom. The number of ether oxygens (including phenoxy) is 1. The molecule has 1 heterocycles. The van der Waals surface area contributed by atoms with E-state index < -0.39 is 0 Å². The van der Waals surface area contributed by atoms with E-state index in [0.717, 1.165) is 12.2 Å². The fraction of sp³-hybridized carbons (Fsp3) is 0.583. The van der Waals surface area contributed by atoms with Crippen LogP contribution >= 0.6 is 0 Å². The number of hydrogen-bond donors (Lipinski definition) is 1. The van der Waals surface area contributed by atoms with Gasteiger partial charge in [0.1, 0.15) is 5.75 Å². The highest BCUT2D eigenvalue weighted by Crippen LogP contribution is 2.19. The molecule has 0 atom stereocenters. The van der Waals surface area contributed by atoms with Crippen molar-refractivity contribution in [2.45, 2.75) is 33.8 Å². The highest BCUT2D eigenvalue weighted by atomic mass is 16.5. The van der Waals surface area contributed by atoms with E-state index in [1.165, 1.54) is 0 Å². The van der Waals surface area contributed by atoms with Crippen LogP contribution in [-0.2, 0) is 6.61 Å². The molecule has 15 heavy (non-hydrogen) atoms. The lowest BCUT2D eigenvalue weighted by molar-refractivity contribution is 0.240. The van der Waals surface area contributed by atoms with Crippen molar-refractivity contribution in [3.05, 3.63) is 24.0 Å². The van der Waals surface area contributed by atoms with Crippen LogP contribution in [0.4, 0.5) is 0 Å². The van der Waals surface area contributed by atoms with Gasteiger partial charge in [-0.3, -0.25) is 4.98 Å². The first-order chi connectivity index (χ1) is 7.01. The van der Waals surface area contributed by atoms with Crippen molar-refractivity contribution in [3.8, 4) is 5.75 Å². The standard InChI is InChI=1S/C12H19NO2/c1-12(2,3)5-7-15-11-4-6-13-10(8-11)9-14/h4,6,8,14H,5,7,9H2,1-3H3. The number of aliphatic hydroxyl groups is 1. The highest BCUT2D eigenvalue weighted by Gasteiger charge is 2.09. The molecule has 0 spiro atoms. The van der Waals surface area contributed by atoms with Gasteiger partial charge in [-0.1, -0.05) is 20.8 Å². The van der Waals surface area contributed by atoms with E-state index in [9.17, 15) is 0 Å². The normalized spacial score (nSPS) is 11.5. The molecule has 84 valence electrons. The van der Waals surface area contributed by atoms with E-state index in [-0.39, 0.29) is 12.0 Å². The molecule has 3 heteroatoms. The smallest absolute Gasteiger partial charge is 0.122 e. The Morgan fingerprint density at radius 3 is 2.73 bits per heavy atom. The monoisotopic (exact) mass is 209 g/mol. The molecule has 3 nitrogen and oxygen atoms in total. The molecule has 1 aromatic rings. The zero-order valence-electron chi connectivity index (χ0n) is 9.66. The summed E-state index contributed by atoms with van der Waals surface area (Å²) < 4.78 is 5.57. The van der Waals surface area contributed by atoms with Crippen LogP contribution in [0.25, 0.3) is 0 Å². The number of aliphatic hydroxyl groups excluding tert-OH is 1. The molecule has 0 amide bonds. The second-order valence-corrected chi connectivity index (χ2v) is 4.80. The molecule has 0 unspecified atom stereocenters. The van der Waals surface area contributed by atoms with Crippen molar-refractivity contribution in [2.75, 3.05) is 6.61 Å². The average Bonchev–Trinajstić information content (AvgIpc) is 2.16. The Hall–Kier alpha value is -1.09. The maximum Gasteiger partial charge on any atom is 0.122 e. The molecule has 0 saturated heterocycles. The minimum absolute atomic E-state index is 0.0452. The van der Waals surface area contributed by atoms with Crippen LogP contribution in [0.3, 0.4) is 0 Å². The van der Waals surface area contributed by atoms with Gasteiger partial charge in [-0.25, -0.2) is 0 Å². The van der Waals surface area contributed by atoms with Gasteiger partial charge in [0.15, 0.2) is 0 Å². The Bertz CT molecular complexity index is 305. The van der Waals surface area contributed by atoms with Crippen molar-refractivity contribution < 1.29 is 9.84 Å². The number of nitrogens with zero attached hydrogens (tertiary/aromatic N) is 1. The van der Waals surface area contributed by atoms with Gasteiger partial charge in [-0.05, 0) is 17.9 Å². The summed E-state index contributed by atoms with van der Waals surface area (Å²) in [6, 6.07) is 3.57. The lowest BCUT2D eigenvalue weighted by Crippen LogP contribution is -2.11. The van der Waals surface area contributed by atoms with Gasteiger partial charge in [-0.15, -0.1) is 0 Å². The molecule has 0 aliphatic rings. The van der Waals surface area contributed by atoms with E-state index in [1.807, 2.05) is 6.07 Å². The lowest BCUT2D eigenvalue weighted by atomic mass is 9.93. The van der Waals surface area contributed by atoms with Gasteiger partial charge in [0.2, 0.25) is 0 Å². The first-order valence-corrected chi connectivity index (χ1v) is 5.20. The molecule has 0 saturated carbocycles. The van der Waals surface area contributed by atoms with Crippen molar-refractivity contribution >= 4 is 0 Å². The van der Waals surface area contributed by atoms with Gasteiger partial charge in [0.05, 0.1) is 18.9 Å². The van der Waals surface area contributed by atoms with Crippen LogP contribution in [0.2, 0.25) is 0 Å². The van der Waals surface area contributed by atoms with Crippen molar-refractivity contribution in [1.82, 2.24) is 4.98 Å². The number of pyridine rings is 1. The third-order valence-corrected chi connectivity index (χ3v) is 2.07. The SMILES string of the molecule is CC(C)(C)CCOc1ccnc(CO)c1. The molecule has 1 aromatic heterocycles. The number of rotatable bonds is 4. The molecule has 0 radical (unpaired) electrons. The summed E-state index contributed by atoms with van der Waals surface area (Å²) >= 11 is 0. The topological polar surface area (TPSA) is 42.4 Å². The summed E-state index contributed by atoms with van der Waals surface area (Å²) in [7, 11) is 0. The van der Waals surface area contributed by atoms with Crippen LogP contribution in [0.5, 0.6) is 5.75 Å². The van der Waals surface area contributed by atoms with E-state index >= 15 is 0 Å². The zero-order chi connectivity index (χ0) is 11.3. The fourth-order valence-corrected chi connectivity index (χ4v) is 1.11. The van der Waals surface area contributed by atoms with Crippen LogP contribution in [0, 0.1) is 5.41 Å². The molecule has 0 aliphatic heterocycles. The van der Waals surface area contributed by atoms with Gasteiger partial charge in [0, 0.05) is 12.3 Å². The zero-order valence-corrected chi connectivity index (χ0v) is 9.66. The predicted molar refractivity (Wildman–Crippen MR) is 59.7 cm³/mol. The minimum atomic E-state index is -0.0452. The van der Waals surface area contributed by atoms with Crippen LogP contribution in [0.1, 0.15) is 32.9 Å². The summed E-state index contributed by atoms with van der Waals surface area (Å²) in [5.41, 5.74) is 0.926. The fourth-order valence-electron chi connectivity index (χ4n) is 1.11. The third kappa shape index (κ3) is 4.79. The maximum absolute atomic E-state index is 8.90. The van der Waals surface area contributed by atoms with Crippen molar-refractivity contribution in [1.29, 1.82) is 0 Å². The van der Waals surface area contributed by atoms with Gasteiger partial charge >= 0.3 is 0 Å². The molecular formula is C12H19NO2. The third-order valence-electron chi connectivity index (χ3n) is 2.07. The van der Waals surface area contributed by atoms with Gasteiger partial charge < -0.3 is 9.84 Å². The molecule has 0 fully saturated rings. The Morgan fingerprint density at radius 1 is 1.40 bits per heavy atom. The largest absolute Gasteiger partial charge is 0.493 e. The molecule has 1 rings (SSSR count). The van der Waals surface area contributed by atoms with E-state index in [0.29, 0.717) is 12.3 Å². The second-order valence-electron chi connectivity index (χ2n) is 4.80. The Balaban J connectivity index is 2.44. The first-order valence-electron chi connectivity index (χ1n) is 5.20. The quantitative estimate of drug-likeness (QED) is 0.828. The van der Waals surface area contributed by atoms with Crippen molar-refractivity contribution in [3.63, 3.8) is 0 Å². The Kier molecular flexibility index (Phi) is 4.09. The van der Waals surface area contributed by atoms with E-state index in [4.69, 9.17) is 9.84 Å². The summed E-state index contributed by atoms with van der Waals surface area (Å²) in [5.74, 6) is 0.776. The predicted octanol–water partition coefficient (Wildman–Crippen LogP) is 2.39. The van der Waals surface area contributed by atoms with Crippen LogP contribution < -0.4 is 4.74 Å². The molecular weight excluding hydrogens is 190 g/mol. The summed E-state index contributed by atoms with van der Waals surface area (Å²) in [6.45, 7) is 7.20. The molecule has 0 aliphatic carbocycles. The lowest BCUT2D eigenvalue weighted by Gasteiger charge is -2.18. The number of aromatic nitrogens is 1. The first kappa shape index (κ1) is 12.0. The van der Waals surface area contributed by atoms with E-state index in [1.54, 1.807) is 12.3 Å². The van der Waals surface area contributed by atoms with Crippen molar-refractivity contribution in [2.24, 2.45) is 5.41 Å². The summed E-state index contributed by atoms with van der Waals surface area (Å²) in [5, 5.41) is 8.90. The Labute approximate surface area is 91.1 Å². The van der Waals surface area contributed by atoms with Crippen LogP contribution in [0.15, 0.2) is 18.3 Å². The molecule has 0 aromatic carbocycles. The summed E-state index contributed by atoms with van der Waals surface area (Å²) in [6.07, 6.45) is 2.65. The van der Waals surface area contributed by atoms with E-state index in [2.05, 4.69) is 25.8 Å². The highest BCUT2D eigenvalue weighted by molar-refractivity contribution is 5.22. The minimum Gasteiger partial charge on any atom is -0.493 e. The summed E-state index contributed by atoms with van der Waals surface area (Å²) in [4.78, 5) is 3.98.